The van der Waals surface area contributed by atoms with Crippen LogP contribution in [-0.2, 0) is 9.59 Å². The Bertz CT molecular complexity index is 866. The van der Waals surface area contributed by atoms with Gasteiger partial charge in [0.05, 0.1) is 7.11 Å². The topological polar surface area (TPSA) is 109 Å². The van der Waals surface area contributed by atoms with Crippen molar-refractivity contribution >= 4 is 23.6 Å². The molecule has 2 aromatic carbocycles. The first-order valence-corrected chi connectivity index (χ1v) is 7.54. The Morgan fingerprint density at radius 3 is 2.50 bits per heavy atom. The summed E-state index contributed by atoms with van der Waals surface area (Å²) < 4.78 is 10.2. The molecule has 0 bridgehead atoms. The van der Waals surface area contributed by atoms with Crippen molar-refractivity contribution in [3.05, 3.63) is 59.7 Å². The highest BCUT2D eigenvalue weighted by molar-refractivity contribution is 6.09. The third-order valence-electron chi connectivity index (χ3n) is 3.28. The Morgan fingerprint density at radius 2 is 1.88 bits per heavy atom. The van der Waals surface area contributed by atoms with Crippen LogP contribution in [0.5, 0.6) is 11.5 Å². The molecule has 0 aliphatic rings. The first kappa shape index (κ1) is 18.5. The molecular formula is C19H16N2O5. The second-order valence-electron chi connectivity index (χ2n) is 5.07. The quantitative estimate of drug-likeness (QED) is 0.586. The van der Waals surface area contributed by atoms with E-state index in [1.165, 1.54) is 13.2 Å². The number of carbonyl (C=O) groups excluding carboxylic acids is 1. The van der Waals surface area contributed by atoms with Crippen LogP contribution in [0.25, 0.3) is 6.08 Å². The molecule has 1 amide bonds. The molecule has 0 spiro atoms. The number of ether oxygens (including phenoxy) is 2. The molecule has 0 aromatic heterocycles. The Balaban J connectivity index is 2.20. The lowest BCUT2D eigenvalue weighted by Gasteiger charge is -2.08. The fraction of sp³-hybridized carbons (Fsp3) is 0.105. The van der Waals surface area contributed by atoms with E-state index in [1.54, 1.807) is 48.5 Å². The number of amides is 1. The molecule has 7 nitrogen and oxygen atoms in total. The van der Waals surface area contributed by atoms with Gasteiger partial charge in [-0.15, -0.1) is 0 Å². The van der Waals surface area contributed by atoms with E-state index in [0.29, 0.717) is 17.0 Å². The fourth-order valence-electron chi connectivity index (χ4n) is 2.05. The summed E-state index contributed by atoms with van der Waals surface area (Å²) in [5.41, 5.74) is 0.787. The zero-order chi connectivity index (χ0) is 18.9. The third-order valence-corrected chi connectivity index (χ3v) is 3.28. The Hall–Kier alpha value is -3.79. The van der Waals surface area contributed by atoms with Crippen molar-refractivity contribution in [3.8, 4) is 17.6 Å². The molecule has 0 radical (unpaired) electrons. The number of hydrogen-bond acceptors (Lipinski definition) is 5. The number of methoxy groups -OCH3 is 1. The molecule has 0 saturated carbocycles. The molecule has 7 heteroatoms. The first-order chi connectivity index (χ1) is 12.5. The second kappa shape index (κ2) is 8.89. The van der Waals surface area contributed by atoms with Gasteiger partial charge in [-0.2, -0.15) is 5.26 Å². The maximum absolute atomic E-state index is 12.3. The van der Waals surface area contributed by atoms with Gasteiger partial charge in [0.2, 0.25) is 0 Å². The number of nitrogens with one attached hydrogen (secondary N) is 1. The average molecular weight is 352 g/mol. The Labute approximate surface area is 150 Å². The molecule has 2 N–H and O–H groups in total. The number of nitrogens with zero attached hydrogens (tertiary/aromatic N) is 1. The molecule has 132 valence electrons. The summed E-state index contributed by atoms with van der Waals surface area (Å²) in [7, 11) is 1.54. The molecule has 0 aliphatic heterocycles. The Morgan fingerprint density at radius 1 is 1.19 bits per heavy atom. The van der Waals surface area contributed by atoms with E-state index < -0.39 is 18.5 Å². The summed E-state index contributed by atoms with van der Waals surface area (Å²) in [6.45, 7) is -0.523. The summed E-state index contributed by atoms with van der Waals surface area (Å²) in [5, 5.41) is 20.6. The zero-order valence-corrected chi connectivity index (χ0v) is 13.9. The average Bonchev–Trinajstić information content (AvgIpc) is 2.65. The van der Waals surface area contributed by atoms with E-state index in [2.05, 4.69) is 5.32 Å². The number of rotatable bonds is 7. The summed E-state index contributed by atoms with van der Waals surface area (Å²) in [6, 6.07) is 15.0. The van der Waals surface area contributed by atoms with Crippen molar-refractivity contribution in [1.29, 1.82) is 5.26 Å². The molecular weight excluding hydrogens is 336 g/mol. The van der Waals surface area contributed by atoms with Gasteiger partial charge >= 0.3 is 5.97 Å². The number of carboxylic acid groups (broad SMARTS) is 1. The van der Waals surface area contributed by atoms with E-state index in [4.69, 9.17) is 14.6 Å². The van der Waals surface area contributed by atoms with Crippen molar-refractivity contribution in [2.75, 3.05) is 19.0 Å². The maximum Gasteiger partial charge on any atom is 0.341 e. The molecule has 2 aromatic rings. The van der Waals surface area contributed by atoms with E-state index in [1.807, 2.05) is 6.07 Å². The smallest absolute Gasteiger partial charge is 0.341 e. The summed E-state index contributed by atoms with van der Waals surface area (Å²) in [6.07, 6.45) is 1.34. The van der Waals surface area contributed by atoms with Gasteiger partial charge in [-0.1, -0.05) is 18.2 Å². The van der Waals surface area contributed by atoms with Gasteiger partial charge in [-0.3, -0.25) is 4.79 Å². The number of anilines is 1. The number of benzene rings is 2. The van der Waals surface area contributed by atoms with Crippen LogP contribution in [-0.4, -0.2) is 30.7 Å². The minimum Gasteiger partial charge on any atom is -0.497 e. The van der Waals surface area contributed by atoms with Crippen molar-refractivity contribution < 1.29 is 24.2 Å². The number of carboxylic acids is 1. The number of nitriles is 1. The summed E-state index contributed by atoms with van der Waals surface area (Å²) in [4.78, 5) is 23.0. The highest BCUT2D eigenvalue weighted by Gasteiger charge is 2.12. The third kappa shape index (κ3) is 5.11. The van der Waals surface area contributed by atoms with Crippen LogP contribution < -0.4 is 14.8 Å². The predicted molar refractivity (Wildman–Crippen MR) is 94.8 cm³/mol. The van der Waals surface area contributed by atoms with E-state index in [9.17, 15) is 14.9 Å². The SMILES string of the molecule is COc1ccc(NC(=O)C(C#N)=Cc2ccccc2OCC(=O)O)cc1. The van der Waals surface area contributed by atoms with Gasteiger partial charge in [-0.05, 0) is 36.4 Å². The molecule has 0 saturated heterocycles. The van der Waals surface area contributed by atoms with E-state index >= 15 is 0 Å². The minimum absolute atomic E-state index is 0.146. The largest absolute Gasteiger partial charge is 0.497 e. The van der Waals surface area contributed by atoms with E-state index in [0.717, 1.165) is 0 Å². The lowest BCUT2D eigenvalue weighted by Crippen LogP contribution is -2.13. The monoisotopic (exact) mass is 352 g/mol. The maximum atomic E-state index is 12.3. The molecule has 0 aliphatic carbocycles. The minimum atomic E-state index is -1.12. The fourth-order valence-corrected chi connectivity index (χ4v) is 2.05. The van der Waals surface area contributed by atoms with Crippen molar-refractivity contribution in [2.24, 2.45) is 0 Å². The second-order valence-corrected chi connectivity index (χ2v) is 5.07. The lowest BCUT2D eigenvalue weighted by molar-refractivity contribution is -0.139. The number of aliphatic carboxylic acids is 1. The number of carbonyl (C=O) groups is 2. The van der Waals surface area contributed by atoms with Gasteiger partial charge in [0.1, 0.15) is 23.1 Å². The molecule has 26 heavy (non-hydrogen) atoms. The normalized spacial score (nSPS) is 10.5. The molecule has 0 unspecified atom stereocenters. The van der Waals surface area contributed by atoms with Crippen LogP contribution in [0.1, 0.15) is 5.56 Å². The highest BCUT2D eigenvalue weighted by Crippen LogP contribution is 2.22. The van der Waals surface area contributed by atoms with Crippen LogP contribution in [0.2, 0.25) is 0 Å². The van der Waals surface area contributed by atoms with Gasteiger partial charge in [0, 0.05) is 11.3 Å². The van der Waals surface area contributed by atoms with E-state index in [-0.39, 0.29) is 11.3 Å². The molecule has 0 heterocycles. The number of para-hydroxylation sites is 1. The lowest BCUT2D eigenvalue weighted by atomic mass is 10.1. The van der Waals surface area contributed by atoms with Gasteiger partial charge in [0.15, 0.2) is 6.61 Å². The van der Waals surface area contributed by atoms with Gasteiger partial charge in [-0.25, -0.2) is 4.79 Å². The summed E-state index contributed by atoms with van der Waals surface area (Å²) in [5.74, 6) is -0.810. The molecule has 0 atom stereocenters. The number of hydrogen-bond donors (Lipinski definition) is 2. The van der Waals surface area contributed by atoms with Gasteiger partial charge in [0.25, 0.3) is 5.91 Å². The standard InChI is InChI=1S/C19H16N2O5/c1-25-16-8-6-15(7-9-16)21-19(24)14(11-20)10-13-4-2-3-5-17(13)26-12-18(22)23/h2-10H,12H2,1H3,(H,21,24)(H,22,23). The van der Waals surface area contributed by atoms with Crippen LogP contribution in [0.3, 0.4) is 0 Å². The molecule has 2 rings (SSSR count). The zero-order valence-electron chi connectivity index (χ0n) is 13.9. The van der Waals surface area contributed by atoms with Crippen molar-refractivity contribution in [2.45, 2.75) is 0 Å². The molecule has 0 fully saturated rings. The van der Waals surface area contributed by atoms with Crippen LogP contribution in [0, 0.1) is 11.3 Å². The first-order valence-electron chi connectivity index (χ1n) is 7.54. The Kier molecular flexibility index (Phi) is 6.34. The van der Waals surface area contributed by atoms with Crippen LogP contribution in [0.4, 0.5) is 5.69 Å². The summed E-state index contributed by atoms with van der Waals surface area (Å²) >= 11 is 0. The predicted octanol–water partition coefficient (Wildman–Crippen LogP) is 2.70. The highest BCUT2D eigenvalue weighted by atomic mass is 16.5. The van der Waals surface area contributed by atoms with Gasteiger partial charge < -0.3 is 19.9 Å². The van der Waals surface area contributed by atoms with Crippen LogP contribution in [0.15, 0.2) is 54.1 Å². The van der Waals surface area contributed by atoms with Crippen molar-refractivity contribution in [3.63, 3.8) is 0 Å². The van der Waals surface area contributed by atoms with Crippen molar-refractivity contribution in [1.82, 2.24) is 0 Å². The van der Waals surface area contributed by atoms with Crippen LogP contribution >= 0.6 is 0 Å².